The van der Waals surface area contributed by atoms with E-state index in [9.17, 15) is 9.59 Å². The summed E-state index contributed by atoms with van der Waals surface area (Å²) < 4.78 is 5.49. The highest BCUT2D eigenvalue weighted by atomic mass is 35.5. The summed E-state index contributed by atoms with van der Waals surface area (Å²) >= 11 is 6.12. The number of nitrogens with zero attached hydrogens (tertiary/aromatic N) is 3. The van der Waals surface area contributed by atoms with Crippen molar-refractivity contribution in [3.8, 4) is 5.75 Å². The van der Waals surface area contributed by atoms with Gasteiger partial charge in [0.1, 0.15) is 11.4 Å². The van der Waals surface area contributed by atoms with Crippen molar-refractivity contribution in [2.24, 2.45) is 0 Å². The van der Waals surface area contributed by atoms with E-state index in [0.29, 0.717) is 53.9 Å². The number of nitrogens with one attached hydrogen (secondary N) is 1. The summed E-state index contributed by atoms with van der Waals surface area (Å²) in [7, 11) is 1.60. The quantitative estimate of drug-likeness (QED) is 0.412. The lowest BCUT2D eigenvalue weighted by Gasteiger charge is -2.36. The molecule has 0 aliphatic carbocycles. The van der Waals surface area contributed by atoms with Crippen LogP contribution in [-0.2, 0) is 0 Å². The van der Waals surface area contributed by atoms with Gasteiger partial charge in [0, 0.05) is 49.0 Å². The molecule has 0 saturated carbocycles. The lowest BCUT2D eigenvalue weighted by atomic mass is 10.1. The molecule has 7 nitrogen and oxygen atoms in total. The van der Waals surface area contributed by atoms with Crippen LogP contribution in [0.25, 0.3) is 10.9 Å². The van der Waals surface area contributed by atoms with Gasteiger partial charge in [-0.2, -0.15) is 0 Å². The van der Waals surface area contributed by atoms with Crippen molar-refractivity contribution in [1.29, 1.82) is 0 Å². The number of hydrogen-bond acceptors (Lipinski definition) is 5. The van der Waals surface area contributed by atoms with Crippen LogP contribution in [0.5, 0.6) is 5.75 Å². The molecule has 0 radical (unpaired) electrons. The zero-order valence-corrected chi connectivity index (χ0v) is 20.5. The third-order valence-electron chi connectivity index (χ3n) is 6.29. The second-order valence-corrected chi connectivity index (χ2v) is 8.89. The topological polar surface area (TPSA) is 74.8 Å². The smallest absolute Gasteiger partial charge is 0.272 e. The fraction of sp³-hybridized carbons (Fsp3) is 0.179. The van der Waals surface area contributed by atoms with Gasteiger partial charge >= 0.3 is 0 Å². The van der Waals surface area contributed by atoms with Gasteiger partial charge in [-0.15, -0.1) is 0 Å². The first-order valence-electron chi connectivity index (χ1n) is 11.7. The maximum atomic E-state index is 13.2. The number of pyridine rings is 1. The van der Waals surface area contributed by atoms with E-state index in [1.54, 1.807) is 37.4 Å². The van der Waals surface area contributed by atoms with E-state index in [-0.39, 0.29) is 11.8 Å². The Morgan fingerprint density at radius 1 is 0.917 bits per heavy atom. The van der Waals surface area contributed by atoms with Crippen molar-refractivity contribution in [3.63, 3.8) is 0 Å². The molecule has 5 rings (SSSR count). The minimum absolute atomic E-state index is 0.101. The molecule has 1 aliphatic heterocycles. The average molecular weight is 501 g/mol. The summed E-state index contributed by atoms with van der Waals surface area (Å²) in [6.07, 6.45) is 0. The molecule has 1 aromatic heterocycles. The number of amides is 2. The van der Waals surface area contributed by atoms with Crippen LogP contribution in [-0.4, -0.2) is 55.0 Å². The molecule has 36 heavy (non-hydrogen) atoms. The third-order valence-corrected chi connectivity index (χ3v) is 6.62. The summed E-state index contributed by atoms with van der Waals surface area (Å²) in [4.78, 5) is 34.3. The number of carbonyl (C=O) groups is 2. The van der Waals surface area contributed by atoms with Crippen molar-refractivity contribution in [3.05, 3.63) is 95.1 Å². The highest BCUT2D eigenvalue weighted by Crippen LogP contribution is 2.26. The normalized spacial score (nSPS) is 13.5. The van der Waals surface area contributed by atoms with Crippen LogP contribution in [0.4, 0.5) is 11.4 Å². The Kier molecular flexibility index (Phi) is 6.73. The fourth-order valence-corrected chi connectivity index (χ4v) is 4.57. The molecule has 3 aromatic carbocycles. The highest BCUT2D eigenvalue weighted by Gasteiger charge is 2.24. The van der Waals surface area contributed by atoms with Gasteiger partial charge in [0.2, 0.25) is 0 Å². The standard InChI is InChI=1S/C28H25ClN4O3/c1-36-26-18-25(31-24-9-5-3-7-22(24)26)28(35)33-16-14-32(15-17-33)20-12-10-19(11-13-20)30-27(34)21-6-2-4-8-23(21)29/h2-13,18H,14-17H2,1H3,(H,30,34). The van der Waals surface area contributed by atoms with Crippen molar-refractivity contribution in [1.82, 2.24) is 9.88 Å². The van der Waals surface area contributed by atoms with Crippen molar-refractivity contribution < 1.29 is 14.3 Å². The number of methoxy groups -OCH3 is 1. The van der Waals surface area contributed by atoms with Crippen molar-refractivity contribution >= 4 is 45.7 Å². The molecule has 2 amide bonds. The molecule has 1 fully saturated rings. The van der Waals surface area contributed by atoms with E-state index in [1.165, 1.54) is 0 Å². The van der Waals surface area contributed by atoms with E-state index in [4.69, 9.17) is 16.3 Å². The molecule has 8 heteroatoms. The maximum absolute atomic E-state index is 13.2. The van der Waals surface area contributed by atoms with E-state index < -0.39 is 0 Å². The van der Waals surface area contributed by atoms with E-state index in [1.807, 2.05) is 53.4 Å². The van der Waals surface area contributed by atoms with Gasteiger partial charge < -0.3 is 19.9 Å². The van der Waals surface area contributed by atoms with Crippen LogP contribution in [0.1, 0.15) is 20.8 Å². The van der Waals surface area contributed by atoms with Gasteiger partial charge in [0.15, 0.2) is 0 Å². The Labute approximate surface area is 214 Å². The number of benzene rings is 3. The number of rotatable bonds is 5. The Balaban J connectivity index is 1.22. The molecule has 0 unspecified atom stereocenters. The molecule has 0 bridgehead atoms. The number of para-hydroxylation sites is 1. The second kappa shape index (κ2) is 10.3. The molecule has 1 N–H and O–H groups in total. The van der Waals surface area contributed by atoms with Crippen molar-refractivity contribution in [2.45, 2.75) is 0 Å². The zero-order valence-electron chi connectivity index (χ0n) is 19.8. The zero-order chi connectivity index (χ0) is 25.1. The van der Waals surface area contributed by atoms with Crippen LogP contribution >= 0.6 is 11.6 Å². The number of aromatic nitrogens is 1. The number of halogens is 1. The second-order valence-electron chi connectivity index (χ2n) is 8.49. The summed E-state index contributed by atoms with van der Waals surface area (Å²) in [6.45, 7) is 2.56. The minimum atomic E-state index is -0.251. The first-order valence-corrected chi connectivity index (χ1v) is 12.1. The number of hydrogen-bond donors (Lipinski definition) is 1. The molecule has 182 valence electrons. The van der Waals surface area contributed by atoms with Crippen LogP contribution in [0.3, 0.4) is 0 Å². The lowest BCUT2D eigenvalue weighted by molar-refractivity contribution is 0.0740. The van der Waals surface area contributed by atoms with E-state index >= 15 is 0 Å². The van der Waals surface area contributed by atoms with E-state index in [2.05, 4.69) is 15.2 Å². The van der Waals surface area contributed by atoms with Crippen LogP contribution in [0, 0.1) is 0 Å². The SMILES string of the molecule is COc1cc(C(=O)N2CCN(c3ccc(NC(=O)c4ccccc4Cl)cc3)CC2)nc2ccccc12. The first-order chi connectivity index (χ1) is 17.5. The van der Waals surface area contributed by atoms with Gasteiger partial charge in [-0.3, -0.25) is 9.59 Å². The van der Waals surface area contributed by atoms with Crippen LogP contribution in [0.2, 0.25) is 5.02 Å². The first kappa shape index (κ1) is 23.6. The average Bonchev–Trinajstić information content (AvgIpc) is 2.92. The number of piperazine rings is 1. The number of ether oxygens (including phenoxy) is 1. The molecule has 2 heterocycles. The molecule has 0 atom stereocenters. The monoisotopic (exact) mass is 500 g/mol. The Morgan fingerprint density at radius 2 is 1.61 bits per heavy atom. The minimum Gasteiger partial charge on any atom is -0.496 e. The Hall–Kier alpha value is -4.10. The lowest BCUT2D eigenvalue weighted by Crippen LogP contribution is -2.49. The fourth-order valence-electron chi connectivity index (χ4n) is 4.35. The summed E-state index contributed by atoms with van der Waals surface area (Å²) in [5, 5.41) is 4.17. The van der Waals surface area contributed by atoms with Gasteiger partial charge in [-0.05, 0) is 48.5 Å². The van der Waals surface area contributed by atoms with Gasteiger partial charge in [-0.25, -0.2) is 4.98 Å². The Morgan fingerprint density at radius 3 is 2.33 bits per heavy atom. The molecule has 1 aliphatic rings. The number of fused-ring (bicyclic) bond motifs is 1. The summed E-state index contributed by atoms with van der Waals surface area (Å²) in [5.74, 6) is 0.292. The number of carbonyl (C=O) groups excluding carboxylic acids is 2. The van der Waals surface area contributed by atoms with Gasteiger partial charge in [0.05, 0.1) is 23.2 Å². The third kappa shape index (κ3) is 4.83. The molecular formula is C28H25ClN4O3. The highest BCUT2D eigenvalue weighted by molar-refractivity contribution is 6.34. The van der Waals surface area contributed by atoms with Gasteiger partial charge in [0.25, 0.3) is 11.8 Å². The summed E-state index contributed by atoms with van der Waals surface area (Å²) in [6, 6.07) is 24.0. The molecular weight excluding hydrogens is 476 g/mol. The molecule has 1 saturated heterocycles. The van der Waals surface area contributed by atoms with Gasteiger partial charge in [-0.1, -0.05) is 35.9 Å². The molecule has 4 aromatic rings. The maximum Gasteiger partial charge on any atom is 0.272 e. The van der Waals surface area contributed by atoms with Crippen LogP contribution < -0.4 is 15.0 Å². The summed E-state index contributed by atoms with van der Waals surface area (Å²) in [5.41, 5.74) is 3.28. The van der Waals surface area contributed by atoms with Crippen LogP contribution in [0.15, 0.2) is 78.9 Å². The molecule has 0 spiro atoms. The largest absolute Gasteiger partial charge is 0.496 e. The number of anilines is 2. The predicted molar refractivity (Wildman–Crippen MR) is 142 cm³/mol. The predicted octanol–water partition coefficient (Wildman–Crippen LogP) is 5.11. The van der Waals surface area contributed by atoms with Crippen molar-refractivity contribution in [2.75, 3.05) is 43.5 Å². The van der Waals surface area contributed by atoms with E-state index in [0.717, 1.165) is 16.6 Å². The Bertz CT molecular complexity index is 1420.